The van der Waals surface area contributed by atoms with E-state index in [1.54, 1.807) is 32.0 Å². The Labute approximate surface area is 189 Å². The van der Waals surface area contributed by atoms with Crippen molar-refractivity contribution in [2.24, 2.45) is 7.05 Å². The van der Waals surface area contributed by atoms with E-state index in [1.807, 2.05) is 0 Å². The third-order valence-corrected chi connectivity index (χ3v) is 6.44. The number of hydrogen-bond acceptors (Lipinski definition) is 4. The molecule has 0 atom stereocenters. The number of sulfonamides is 1. The van der Waals surface area contributed by atoms with Gasteiger partial charge >= 0.3 is 6.18 Å². The molecule has 33 heavy (non-hydrogen) atoms. The number of methoxy groups -OCH3 is 1. The second-order valence-electron chi connectivity index (χ2n) is 7.35. The lowest BCUT2D eigenvalue weighted by atomic mass is 10.1. The average Bonchev–Trinajstić information content (AvgIpc) is 3.13. The molecule has 3 rings (SSSR count). The molecule has 7 nitrogen and oxygen atoms in total. The highest BCUT2D eigenvalue weighted by Crippen LogP contribution is 2.32. The Morgan fingerprint density at radius 1 is 1.03 bits per heavy atom. The fourth-order valence-corrected chi connectivity index (χ4v) is 4.75. The summed E-state index contributed by atoms with van der Waals surface area (Å²) in [5.74, 6) is -0.797. The number of benzene rings is 2. The minimum Gasteiger partial charge on any atom is -0.495 e. The summed E-state index contributed by atoms with van der Waals surface area (Å²) in [5.41, 5.74) is 0.687. The summed E-state index contributed by atoms with van der Waals surface area (Å²) in [4.78, 5) is 12.3. The molecule has 11 heteroatoms. The van der Waals surface area contributed by atoms with E-state index in [9.17, 15) is 26.4 Å². The molecule has 0 unspecified atom stereocenters. The third-order valence-electron chi connectivity index (χ3n) is 5.07. The van der Waals surface area contributed by atoms with Gasteiger partial charge in [0.1, 0.15) is 22.0 Å². The first kappa shape index (κ1) is 24.2. The fourth-order valence-electron chi connectivity index (χ4n) is 3.35. The number of hydrogen-bond donors (Lipinski definition) is 2. The highest BCUT2D eigenvalue weighted by Gasteiger charge is 2.35. The Morgan fingerprint density at radius 2 is 1.67 bits per heavy atom. The van der Waals surface area contributed by atoms with Gasteiger partial charge in [0.2, 0.25) is 0 Å². The molecule has 1 heterocycles. The molecule has 2 N–H and O–H groups in total. The molecular formula is C22H22F3N3O4S. The summed E-state index contributed by atoms with van der Waals surface area (Å²) >= 11 is 0. The average molecular weight is 481 g/mol. The van der Waals surface area contributed by atoms with Gasteiger partial charge in [-0.2, -0.15) is 13.2 Å². The zero-order chi connectivity index (χ0) is 24.6. The topological polar surface area (TPSA) is 89.4 Å². The van der Waals surface area contributed by atoms with E-state index >= 15 is 0 Å². The van der Waals surface area contributed by atoms with Crippen LogP contribution in [0, 0.1) is 13.8 Å². The van der Waals surface area contributed by atoms with Crippen molar-refractivity contribution in [2.45, 2.75) is 24.9 Å². The van der Waals surface area contributed by atoms with Crippen molar-refractivity contribution in [3.63, 3.8) is 0 Å². The Kier molecular flexibility index (Phi) is 6.46. The van der Waals surface area contributed by atoms with E-state index in [0.717, 1.165) is 23.7 Å². The van der Waals surface area contributed by atoms with Crippen LogP contribution in [0.1, 0.15) is 27.3 Å². The van der Waals surface area contributed by atoms with Crippen LogP contribution >= 0.6 is 0 Å². The first-order valence-electron chi connectivity index (χ1n) is 9.66. The van der Waals surface area contributed by atoms with Crippen LogP contribution in [0.2, 0.25) is 0 Å². The first-order valence-corrected chi connectivity index (χ1v) is 11.1. The number of para-hydroxylation sites is 1. The Morgan fingerprint density at radius 3 is 2.21 bits per heavy atom. The SMILES string of the molecule is COc1ccc(NC(=O)c2ccc(C(F)(F)F)n2C)cc1S(=O)(=O)Nc1c(C)cccc1C. The highest BCUT2D eigenvalue weighted by atomic mass is 32.2. The molecule has 0 aliphatic heterocycles. The molecule has 176 valence electrons. The first-order chi connectivity index (χ1) is 15.3. The third kappa shape index (κ3) is 4.98. The lowest BCUT2D eigenvalue weighted by Crippen LogP contribution is -2.20. The second kappa shape index (κ2) is 8.81. The van der Waals surface area contributed by atoms with Crippen molar-refractivity contribution in [2.75, 3.05) is 17.1 Å². The molecule has 0 bridgehead atoms. The van der Waals surface area contributed by atoms with Crippen molar-refractivity contribution in [3.8, 4) is 5.75 Å². The van der Waals surface area contributed by atoms with E-state index in [2.05, 4.69) is 10.0 Å². The van der Waals surface area contributed by atoms with E-state index in [-0.39, 0.29) is 22.0 Å². The minimum absolute atomic E-state index is 0.0324. The molecule has 2 aromatic carbocycles. The van der Waals surface area contributed by atoms with Crippen LogP contribution in [-0.2, 0) is 23.2 Å². The highest BCUT2D eigenvalue weighted by molar-refractivity contribution is 7.92. The van der Waals surface area contributed by atoms with Crippen molar-refractivity contribution >= 4 is 27.3 Å². The molecule has 0 aliphatic carbocycles. The summed E-state index contributed by atoms with van der Waals surface area (Å²) in [6.07, 6.45) is -4.62. The lowest BCUT2D eigenvalue weighted by molar-refractivity contribution is -0.143. The zero-order valence-electron chi connectivity index (χ0n) is 18.2. The number of amides is 1. The number of carbonyl (C=O) groups excluding carboxylic acids is 1. The largest absolute Gasteiger partial charge is 0.495 e. The van der Waals surface area contributed by atoms with Gasteiger partial charge in [0.25, 0.3) is 15.9 Å². The van der Waals surface area contributed by atoms with E-state index in [0.29, 0.717) is 16.8 Å². The molecule has 1 amide bonds. The zero-order valence-corrected chi connectivity index (χ0v) is 19.1. The molecule has 0 aliphatic rings. The van der Waals surface area contributed by atoms with Gasteiger partial charge in [0.05, 0.1) is 12.8 Å². The number of halogens is 3. The van der Waals surface area contributed by atoms with Crippen LogP contribution < -0.4 is 14.8 Å². The summed E-state index contributed by atoms with van der Waals surface area (Å²) in [6, 6.07) is 11.1. The van der Waals surface area contributed by atoms with Gasteiger partial charge in [-0.15, -0.1) is 0 Å². The van der Waals surface area contributed by atoms with Crippen molar-refractivity contribution in [3.05, 3.63) is 71.0 Å². The molecule has 1 aromatic heterocycles. The maximum atomic E-state index is 13.1. The number of aromatic nitrogens is 1. The molecular weight excluding hydrogens is 459 g/mol. The number of nitrogens with zero attached hydrogens (tertiary/aromatic N) is 1. The van der Waals surface area contributed by atoms with Crippen LogP contribution in [0.15, 0.2) is 53.4 Å². The van der Waals surface area contributed by atoms with Gasteiger partial charge in [-0.25, -0.2) is 8.42 Å². The van der Waals surface area contributed by atoms with Crippen LogP contribution in [0.4, 0.5) is 24.5 Å². The van der Waals surface area contributed by atoms with E-state index in [4.69, 9.17) is 4.74 Å². The number of ether oxygens (including phenoxy) is 1. The van der Waals surface area contributed by atoms with Crippen molar-refractivity contribution in [1.82, 2.24) is 4.57 Å². The van der Waals surface area contributed by atoms with Gasteiger partial charge in [-0.1, -0.05) is 18.2 Å². The number of alkyl halides is 3. The van der Waals surface area contributed by atoms with Crippen molar-refractivity contribution in [1.29, 1.82) is 0 Å². The van der Waals surface area contributed by atoms with Crippen LogP contribution in [0.3, 0.4) is 0 Å². The van der Waals surface area contributed by atoms with Crippen molar-refractivity contribution < 1.29 is 31.1 Å². The fraction of sp³-hybridized carbons (Fsp3) is 0.227. The maximum absolute atomic E-state index is 13.1. The molecule has 3 aromatic rings. The lowest BCUT2D eigenvalue weighted by Gasteiger charge is -2.16. The van der Waals surface area contributed by atoms with Crippen LogP contribution in [0.25, 0.3) is 0 Å². The summed E-state index contributed by atoms with van der Waals surface area (Å²) in [6.45, 7) is 3.52. The van der Waals surface area contributed by atoms with Gasteiger partial charge in [0.15, 0.2) is 0 Å². The molecule has 0 radical (unpaired) electrons. The number of rotatable bonds is 6. The number of nitrogens with one attached hydrogen (secondary N) is 2. The predicted molar refractivity (Wildman–Crippen MR) is 118 cm³/mol. The monoisotopic (exact) mass is 481 g/mol. The quantitative estimate of drug-likeness (QED) is 0.533. The predicted octanol–water partition coefficient (Wildman–Crippen LogP) is 4.72. The van der Waals surface area contributed by atoms with E-state index < -0.39 is 27.8 Å². The standard InChI is InChI=1S/C22H22F3N3O4S/c1-13-6-5-7-14(2)20(13)27-33(30,31)18-12-15(8-10-17(18)32-4)26-21(29)16-9-11-19(28(16)3)22(23,24)25/h5-12,27H,1-4H3,(H,26,29). The van der Waals surface area contributed by atoms with Gasteiger partial charge in [-0.3, -0.25) is 9.52 Å². The van der Waals surface area contributed by atoms with Gasteiger partial charge in [0, 0.05) is 12.7 Å². The maximum Gasteiger partial charge on any atom is 0.431 e. The molecule has 0 spiro atoms. The normalized spacial score (nSPS) is 11.8. The van der Waals surface area contributed by atoms with Crippen LogP contribution in [-0.4, -0.2) is 26.0 Å². The van der Waals surface area contributed by atoms with Gasteiger partial charge in [-0.05, 0) is 55.3 Å². The second-order valence-corrected chi connectivity index (χ2v) is 9.00. The number of aryl methyl sites for hydroxylation is 2. The summed E-state index contributed by atoms with van der Waals surface area (Å²) in [5, 5.41) is 2.44. The van der Waals surface area contributed by atoms with E-state index in [1.165, 1.54) is 25.3 Å². The van der Waals surface area contributed by atoms with Gasteiger partial charge < -0.3 is 14.6 Å². The molecule has 0 fully saturated rings. The molecule has 0 saturated carbocycles. The van der Waals surface area contributed by atoms with Crippen LogP contribution in [0.5, 0.6) is 5.75 Å². The smallest absolute Gasteiger partial charge is 0.431 e. The number of anilines is 2. The summed E-state index contributed by atoms with van der Waals surface area (Å²) in [7, 11) is -1.71. The number of carbonyl (C=O) groups is 1. The Bertz CT molecular complexity index is 1290. The Hall–Kier alpha value is -3.47. The molecule has 0 saturated heterocycles. The minimum atomic E-state index is -4.62. The Balaban J connectivity index is 1.94. The summed E-state index contributed by atoms with van der Waals surface area (Å²) < 4.78 is 73.7.